The zero-order valence-electron chi connectivity index (χ0n) is 11.9. The number of carboxylic acids is 1. The van der Waals surface area contributed by atoms with Crippen LogP contribution in [-0.2, 0) is 0 Å². The summed E-state index contributed by atoms with van der Waals surface area (Å²) >= 11 is 1.09. The summed E-state index contributed by atoms with van der Waals surface area (Å²) in [6, 6.07) is 2.68. The molecule has 1 amide bonds. The van der Waals surface area contributed by atoms with Gasteiger partial charge in [-0.1, -0.05) is 0 Å². The van der Waals surface area contributed by atoms with E-state index in [9.17, 15) is 14.4 Å². The number of carbonyl (C=O) groups is 2. The fraction of sp³-hybridized carbons (Fsp3) is 0.154. The summed E-state index contributed by atoms with van der Waals surface area (Å²) < 4.78 is 10.5. The van der Waals surface area contributed by atoms with Crippen LogP contribution < -0.4 is 10.5 Å². The Morgan fingerprint density at radius 3 is 2.61 bits per heavy atom. The van der Waals surface area contributed by atoms with E-state index in [1.54, 1.807) is 6.92 Å². The highest BCUT2D eigenvalue weighted by atomic mass is 32.1. The molecule has 0 fully saturated rings. The van der Waals surface area contributed by atoms with E-state index >= 15 is 0 Å². The monoisotopic (exact) mass is 335 g/mol. The Morgan fingerprint density at radius 1 is 1.26 bits per heavy atom. The third-order valence-electron chi connectivity index (χ3n) is 2.98. The van der Waals surface area contributed by atoms with Gasteiger partial charge >= 0.3 is 23.4 Å². The fourth-order valence-electron chi connectivity index (χ4n) is 1.84. The molecule has 0 aromatic carbocycles. The van der Waals surface area contributed by atoms with Crippen LogP contribution in [0.25, 0.3) is 10.3 Å². The molecule has 0 spiro atoms. The van der Waals surface area contributed by atoms with Crippen LogP contribution >= 0.6 is 11.3 Å². The van der Waals surface area contributed by atoms with E-state index in [-0.39, 0.29) is 17.4 Å². The first kappa shape index (κ1) is 14.9. The Labute approximate surface area is 131 Å². The van der Waals surface area contributed by atoms with Crippen LogP contribution in [0.3, 0.4) is 0 Å². The summed E-state index contributed by atoms with van der Waals surface area (Å²) in [6.45, 7) is 1.56. The zero-order valence-corrected chi connectivity index (χ0v) is 12.7. The number of hydrogen-bond acceptors (Lipinski definition) is 8. The molecule has 1 N–H and O–H groups in total. The molecule has 9 nitrogen and oxygen atoms in total. The van der Waals surface area contributed by atoms with E-state index in [4.69, 9.17) is 13.9 Å². The highest BCUT2D eigenvalue weighted by Crippen LogP contribution is 2.32. The van der Waals surface area contributed by atoms with Gasteiger partial charge in [0.2, 0.25) is 5.89 Å². The van der Waals surface area contributed by atoms with Crippen molar-refractivity contribution >= 4 is 38.5 Å². The Balaban J connectivity index is 2.01. The van der Waals surface area contributed by atoms with Gasteiger partial charge in [-0.05, 0) is 6.07 Å². The molecule has 0 aliphatic rings. The Morgan fingerprint density at radius 2 is 2.00 bits per heavy atom. The van der Waals surface area contributed by atoms with Crippen molar-refractivity contribution in [1.82, 2.24) is 10.2 Å². The second-order valence-electron chi connectivity index (χ2n) is 4.56. The number of hydrogen-bond donors (Lipinski definition) is 1. The molecule has 0 unspecified atom stereocenters. The zero-order chi connectivity index (χ0) is 16.7. The molecule has 3 rings (SSSR count). The van der Waals surface area contributed by atoms with Crippen molar-refractivity contribution in [3.05, 3.63) is 39.9 Å². The topological polar surface area (TPSA) is 127 Å². The van der Waals surface area contributed by atoms with Gasteiger partial charge in [-0.15, -0.1) is 21.5 Å². The SMILES string of the molecule is Cc1nnc(C(=O)N(C)c2cc3oc(=O)c(C(=O)O)cc3s2)o1. The highest BCUT2D eigenvalue weighted by molar-refractivity contribution is 7.22. The van der Waals surface area contributed by atoms with Crippen LogP contribution in [0.15, 0.2) is 25.8 Å². The molecule has 0 aliphatic heterocycles. The summed E-state index contributed by atoms with van der Waals surface area (Å²) in [4.78, 5) is 36.0. The van der Waals surface area contributed by atoms with E-state index in [1.165, 1.54) is 24.1 Å². The Bertz CT molecular complexity index is 985. The van der Waals surface area contributed by atoms with E-state index in [0.29, 0.717) is 9.70 Å². The molecule has 0 saturated carbocycles. The molecular weight excluding hydrogens is 326 g/mol. The number of aromatic nitrogens is 2. The number of carboxylic acid groups (broad SMARTS) is 1. The lowest BCUT2D eigenvalue weighted by atomic mass is 10.3. The number of amides is 1. The molecule has 0 aliphatic carbocycles. The highest BCUT2D eigenvalue weighted by Gasteiger charge is 2.22. The third kappa shape index (κ3) is 2.59. The molecule has 0 saturated heterocycles. The summed E-state index contributed by atoms with van der Waals surface area (Å²) in [6.07, 6.45) is 0. The molecule has 0 radical (unpaired) electrons. The van der Waals surface area contributed by atoms with Crippen molar-refractivity contribution in [2.24, 2.45) is 0 Å². The van der Waals surface area contributed by atoms with E-state index in [0.717, 1.165) is 11.3 Å². The lowest BCUT2D eigenvalue weighted by Crippen LogP contribution is -2.25. The number of fused-ring (bicyclic) bond motifs is 1. The number of aryl methyl sites for hydroxylation is 1. The number of rotatable bonds is 3. The first-order valence-corrected chi connectivity index (χ1v) is 7.07. The van der Waals surface area contributed by atoms with Gasteiger partial charge in [0, 0.05) is 20.0 Å². The maximum Gasteiger partial charge on any atom is 0.351 e. The lowest BCUT2D eigenvalue weighted by molar-refractivity contribution is 0.0692. The number of nitrogens with zero attached hydrogens (tertiary/aromatic N) is 3. The van der Waals surface area contributed by atoms with E-state index in [1.807, 2.05) is 0 Å². The van der Waals surface area contributed by atoms with Crippen molar-refractivity contribution in [3.63, 3.8) is 0 Å². The summed E-state index contributed by atoms with van der Waals surface area (Å²) in [7, 11) is 1.49. The first-order chi connectivity index (χ1) is 10.9. The van der Waals surface area contributed by atoms with Gasteiger partial charge in [0.05, 0.1) is 4.70 Å². The van der Waals surface area contributed by atoms with Gasteiger partial charge in [0.15, 0.2) is 5.58 Å². The molecular formula is C13H9N3O6S. The van der Waals surface area contributed by atoms with Crippen LogP contribution in [0.1, 0.15) is 26.9 Å². The summed E-state index contributed by atoms with van der Waals surface area (Å²) in [5, 5.41) is 16.6. The Kier molecular flexibility index (Phi) is 3.45. The summed E-state index contributed by atoms with van der Waals surface area (Å²) in [5.41, 5.74) is -1.22. The maximum atomic E-state index is 12.2. The van der Waals surface area contributed by atoms with Crippen molar-refractivity contribution in [2.45, 2.75) is 6.92 Å². The smallest absolute Gasteiger partial charge is 0.351 e. The molecule has 3 aromatic rings. The quantitative estimate of drug-likeness (QED) is 0.763. The first-order valence-electron chi connectivity index (χ1n) is 6.26. The van der Waals surface area contributed by atoms with Gasteiger partial charge in [0.25, 0.3) is 0 Å². The summed E-state index contributed by atoms with van der Waals surface area (Å²) in [5.74, 6) is -1.82. The molecule has 10 heteroatoms. The minimum Gasteiger partial charge on any atom is -0.477 e. The van der Waals surface area contributed by atoms with Crippen molar-refractivity contribution in [1.29, 1.82) is 0 Å². The second kappa shape index (κ2) is 5.32. The minimum atomic E-state index is -1.37. The molecule has 0 atom stereocenters. The fourth-order valence-corrected chi connectivity index (χ4v) is 2.83. The number of anilines is 1. The van der Waals surface area contributed by atoms with Gasteiger partial charge in [-0.25, -0.2) is 9.59 Å². The second-order valence-corrected chi connectivity index (χ2v) is 5.62. The van der Waals surface area contributed by atoms with Gasteiger partial charge < -0.3 is 13.9 Å². The predicted molar refractivity (Wildman–Crippen MR) is 79.1 cm³/mol. The molecule has 118 valence electrons. The number of carbonyl (C=O) groups excluding carboxylic acids is 1. The van der Waals surface area contributed by atoms with Crippen LogP contribution in [0.4, 0.5) is 5.00 Å². The van der Waals surface area contributed by atoms with Crippen molar-refractivity contribution in [2.75, 3.05) is 11.9 Å². The van der Waals surface area contributed by atoms with Crippen molar-refractivity contribution in [3.8, 4) is 0 Å². The average molecular weight is 335 g/mol. The number of thiophene rings is 1. The van der Waals surface area contributed by atoms with Crippen LogP contribution in [0, 0.1) is 6.92 Å². The predicted octanol–water partition coefficient (Wildman–Crippen LogP) is 1.52. The number of aromatic carboxylic acids is 1. The minimum absolute atomic E-state index is 0.171. The average Bonchev–Trinajstić information content (AvgIpc) is 3.10. The Hall–Kier alpha value is -3.01. The van der Waals surface area contributed by atoms with Crippen LogP contribution in [0.2, 0.25) is 0 Å². The third-order valence-corrected chi connectivity index (χ3v) is 4.12. The molecule has 3 heterocycles. The van der Waals surface area contributed by atoms with Crippen LogP contribution in [-0.4, -0.2) is 34.2 Å². The van der Waals surface area contributed by atoms with Gasteiger partial charge in [0.1, 0.15) is 10.6 Å². The lowest BCUT2D eigenvalue weighted by Gasteiger charge is -2.11. The van der Waals surface area contributed by atoms with Crippen LogP contribution in [0.5, 0.6) is 0 Å². The molecule has 23 heavy (non-hydrogen) atoms. The van der Waals surface area contributed by atoms with Gasteiger partial charge in [-0.3, -0.25) is 9.69 Å². The van der Waals surface area contributed by atoms with Gasteiger partial charge in [-0.2, -0.15) is 0 Å². The molecule has 3 aromatic heterocycles. The maximum absolute atomic E-state index is 12.2. The van der Waals surface area contributed by atoms with E-state index in [2.05, 4.69) is 10.2 Å². The largest absolute Gasteiger partial charge is 0.477 e. The van der Waals surface area contributed by atoms with E-state index < -0.39 is 23.1 Å². The standard InChI is InChI=1S/C13H9N3O6S/c1-5-14-15-10(21-5)11(17)16(2)9-4-7-8(23-9)3-6(12(18)19)13(20)22-7/h3-4H,1-2H3,(H,18,19). The van der Waals surface area contributed by atoms with Crippen molar-refractivity contribution < 1.29 is 23.5 Å². The molecule has 0 bridgehead atoms. The normalized spacial score (nSPS) is 10.9.